The SMILES string of the molecule is CC[C@H](C)[C@H](NC(=O)[C@H](CCC(N)=O)NC(=O)[C@H](C)NC(=O)[C@@H](N)CS)C(=O)N[C@@H](Cc1cnc[nH]1)C(=O)N[C@@H](Cc1ccccc1)C(=O)O. The third-order valence-corrected chi connectivity index (χ3v) is 8.29. The third-order valence-electron chi connectivity index (χ3n) is 7.90. The van der Waals surface area contributed by atoms with Gasteiger partial charge < -0.3 is 48.1 Å². The molecule has 2 aromatic rings. The van der Waals surface area contributed by atoms with Crippen LogP contribution in [0.4, 0.5) is 0 Å². The van der Waals surface area contributed by atoms with Crippen molar-refractivity contribution >= 4 is 54.0 Å². The number of nitrogens with zero attached hydrogens (tertiary/aromatic N) is 1. The number of carbonyl (C=O) groups is 7. The minimum absolute atomic E-state index is 0.0130. The summed E-state index contributed by atoms with van der Waals surface area (Å²) in [6.45, 7) is 4.84. The van der Waals surface area contributed by atoms with E-state index in [0.717, 1.165) is 0 Å². The number of nitrogens with two attached hydrogens (primary N) is 2. The summed E-state index contributed by atoms with van der Waals surface area (Å²) < 4.78 is 0. The molecular weight excluding hydrogens is 670 g/mol. The summed E-state index contributed by atoms with van der Waals surface area (Å²) in [5.74, 6) is -6.26. The van der Waals surface area contributed by atoms with Crippen LogP contribution < -0.4 is 38.1 Å². The molecule has 0 unspecified atom stereocenters. The van der Waals surface area contributed by atoms with Crippen LogP contribution >= 0.6 is 12.6 Å². The molecule has 50 heavy (non-hydrogen) atoms. The van der Waals surface area contributed by atoms with Gasteiger partial charge in [0.1, 0.15) is 30.2 Å². The molecule has 6 amide bonds. The Balaban J connectivity index is 2.28. The molecule has 0 aliphatic heterocycles. The van der Waals surface area contributed by atoms with Crippen molar-refractivity contribution in [2.75, 3.05) is 5.75 Å². The van der Waals surface area contributed by atoms with Gasteiger partial charge in [0, 0.05) is 36.9 Å². The maximum absolute atomic E-state index is 13.8. The van der Waals surface area contributed by atoms with Crippen molar-refractivity contribution in [1.82, 2.24) is 36.6 Å². The number of aliphatic carboxylic acids is 1. The minimum atomic E-state index is -1.34. The predicted molar refractivity (Wildman–Crippen MR) is 185 cm³/mol. The molecule has 7 atom stereocenters. The Hall–Kier alpha value is -4.97. The third kappa shape index (κ3) is 13.5. The molecule has 17 nitrogen and oxygen atoms in total. The van der Waals surface area contributed by atoms with Crippen molar-refractivity contribution < 1.29 is 38.7 Å². The number of H-pyrrole nitrogens is 1. The predicted octanol–water partition coefficient (Wildman–Crippen LogP) is -1.71. The second-order valence-electron chi connectivity index (χ2n) is 11.9. The second kappa shape index (κ2) is 20.5. The molecule has 274 valence electrons. The van der Waals surface area contributed by atoms with Crippen LogP contribution in [0.2, 0.25) is 0 Å². The molecule has 0 bridgehead atoms. The van der Waals surface area contributed by atoms with Gasteiger partial charge in [-0.25, -0.2) is 9.78 Å². The molecule has 0 saturated carbocycles. The molecule has 1 heterocycles. The van der Waals surface area contributed by atoms with E-state index in [4.69, 9.17) is 11.5 Å². The van der Waals surface area contributed by atoms with Crippen LogP contribution in [0.25, 0.3) is 0 Å². The van der Waals surface area contributed by atoms with Crippen molar-refractivity contribution in [1.29, 1.82) is 0 Å². The molecule has 0 aliphatic carbocycles. The molecule has 0 spiro atoms. The molecule has 0 saturated heterocycles. The normalized spacial score (nSPS) is 15.1. The van der Waals surface area contributed by atoms with Crippen LogP contribution in [0.3, 0.4) is 0 Å². The average Bonchev–Trinajstić information content (AvgIpc) is 3.60. The number of hydrogen-bond acceptors (Lipinski definition) is 10. The summed E-state index contributed by atoms with van der Waals surface area (Å²) >= 11 is 3.96. The molecular formula is C32H47N9O8S. The summed E-state index contributed by atoms with van der Waals surface area (Å²) in [4.78, 5) is 96.4. The van der Waals surface area contributed by atoms with Gasteiger partial charge in [-0.1, -0.05) is 50.6 Å². The van der Waals surface area contributed by atoms with Crippen LogP contribution in [0, 0.1) is 5.92 Å². The van der Waals surface area contributed by atoms with Crippen molar-refractivity contribution in [3.63, 3.8) is 0 Å². The number of thiol groups is 1. The Morgan fingerprint density at radius 2 is 1.46 bits per heavy atom. The number of carboxylic acid groups (broad SMARTS) is 1. The summed E-state index contributed by atoms with van der Waals surface area (Å²) in [6, 6.07) is 1.42. The number of carboxylic acids is 1. The number of carbonyl (C=O) groups excluding carboxylic acids is 6. The fourth-order valence-electron chi connectivity index (χ4n) is 4.69. The Kier molecular flexibility index (Phi) is 16.9. The molecule has 11 N–H and O–H groups in total. The average molecular weight is 718 g/mol. The largest absolute Gasteiger partial charge is 0.480 e. The summed E-state index contributed by atoms with van der Waals surface area (Å²) in [7, 11) is 0. The van der Waals surface area contributed by atoms with E-state index in [1.165, 1.54) is 19.4 Å². The fraction of sp³-hybridized carbons (Fsp3) is 0.500. The highest BCUT2D eigenvalue weighted by molar-refractivity contribution is 7.80. The number of benzene rings is 1. The van der Waals surface area contributed by atoms with Gasteiger partial charge in [0.15, 0.2) is 0 Å². The van der Waals surface area contributed by atoms with E-state index in [2.05, 4.69) is 49.2 Å². The van der Waals surface area contributed by atoms with Crippen LogP contribution in [-0.4, -0.2) is 98.5 Å². The molecule has 1 aromatic heterocycles. The highest BCUT2D eigenvalue weighted by Crippen LogP contribution is 2.12. The van der Waals surface area contributed by atoms with E-state index in [1.807, 2.05) is 0 Å². The lowest BCUT2D eigenvalue weighted by atomic mass is 9.96. The molecule has 0 aliphatic rings. The van der Waals surface area contributed by atoms with Crippen molar-refractivity contribution in [3.8, 4) is 0 Å². The van der Waals surface area contributed by atoms with Gasteiger partial charge >= 0.3 is 5.97 Å². The number of amides is 6. The van der Waals surface area contributed by atoms with E-state index in [0.29, 0.717) is 17.7 Å². The first-order valence-electron chi connectivity index (χ1n) is 16.1. The minimum Gasteiger partial charge on any atom is -0.480 e. The first-order valence-corrected chi connectivity index (χ1v) is 16.7. The van der Waals surface area contributed by atoms with Gasteiger partial charge in [0.2, 0.25) is 35.4 Å². The number of nitrogens with one attached hydrogen (secondary N) is 6. The van der Waals surface area contributed by atoms with Crippen molar-refractivity contribution in [2.24, 2.45) is 17.4 Å². The first-order chi connectivity index (χ1) is 23.7. The van der Waals surface area contributed by atoms with Crippen molar-refractivity contribution in [2.45, 2.75) is 89.1 Å². The van der Waals surface area contributed by atoms with E-state index in [9.17, 15) is 38.7 Å². The van der Waals surface area contributed by atoms with E-state index >= 15 is 0 Å². The maximum atomic E-state index is 13.8. The van der Waals surface area contributed by atoms with Crippen LogP contribution in [0.1, 0.15) is 51.3 Å². The van der Waals surface area contributed by atoms with Crippen molar-refractivity contribution in [3.05, 3.63) is 54.1 Å². The summed E-state index contributed by atoms with van der Waals surface area (Å²) in [6.07, 6.45) is 2.62. The Bertz CT molecular complexity index is 1460. The molecule has 0 radical (unpaired) electrons. The smallest absolute Gasteiger partial charge is 0.326 e. The fourth-order valence-corrected chi connectivity index (χ4v) is 4.85. The number of rotatable bonds is 21. The lowest BCUT2D eigenvalue weighted by molar-refractivity contribution is -0.142. The number of aromatic nitrogens is 2. The monoisotopic (exact) mass is 717 g/mol. The number of aromatic amines is 1. The van der Waals surface area contributed by atoms with Gasteiger partial charge in [-0.15, -0.1) is 0 Å². The summed E-state index contributed by atoms with van der Waals surface area (Å²) in [5.41, 5.74) is 12.1. The zero-order chi connectivity index (χ0) is 37.4. The highest BCUT2D eigenvalue weighted by Gasteiger charge is 2.34. The Morgan fingerprint density at radius 3 is 2.02 bits per heavy atom. The standard InChI is InChI=1S/C32H47N9O8S/c1-4-17(2)26(41-29(45)22(10-11-25(34)42)38-27(43)18(3)37-28(44)21(33)15-50)31(47)39-23(13-20-14-35-16-36-20)30(46)40-24(32(48)49)12-19-8-6-5-7-9-19/h5-9,14,16-18,21-24,26,50H,4,10-13,15,33H2,1-3H3,(H2,34,42)(H,35,36)(H,37,44)(H,38,43)(H,39,47)(H,40,46)(H,41,45)(H,48,49)/t17-,18-,21-,22-,23-,24-,26-/m0/s1. The van der Waals surface area contributed by atoms with E-state index < -0.39 is 83.6 Å². The Morgan fingerprint density at radius 1 is 0.840 bits per heavy atom. The first kappa shape index (κ1) is 41.2. The molecule has 18 heteroatoms. The quantitative estimate of drug-likeness (QED) is 0.0653. The highest BCUT2D eigenvalue weighted by atomic mass is 32.1. The zero-order valence-corrected chi connectivity index (χ0v) is 29.1. The number of imidazole rings is 1. The molecule has 1 aromatic carbocycles. The Labute approximate surface area is 295 Å². The zero-order valence-electron chi connectivity index (χ0n) is 28.2. The molecule has 0 fully saturated rings. The molecule has 2 rings (SSSR count). The van der Waals surface area contributed by atoms with Gasteiger partial charge in [0.25, 0.3) is 0 Å². The lowest BCUT2D eigenvalue weighted by Crippen LogP contribution is -2.60. The van der Waals surface area contributed by atoms with E-state index in [-0.39, 0.29) is 31.4 Å². The maximum Gasteiger partial charge on any atom is 0.326 e. The topological polar surface area (TPSA) is 281 Å². The van der Waals surface area contributed by atoms with Gasteiger partial charge in [-0.2, -0.15) is 12.6 Å². The summed E-state index contributed by atoms with van der Waals surface area (Å²) in [5, 5.41) is 22.5. The van der Waals surface area contributed by atoms with E-state index in [1.54, 1.807) is 44.2 Å². The van der Waals surface area contributed by atoms with Gasteiger partial charge in [-0.05, 0) is 24.8 Å². The van der Waals surface area contributed by atoms with Gasteiger partial charge in [-0.3, -0.25) is 28.8 Å². The van der Waals surface area contributed by atoms with Crippen LogP contribution in [0.5, 0.6) is 0 Å². The number of hydrogen-bond donors (Lipinski definition) is 10. The lowest BCUT2D eigenvalue weighted by Gasteiger charge is -2.29. The number of primary amides is 1. The van der Waals surface area contributed by atoms with Gasteiger partial charge in [0.05, 0.1) is 12.4 Å². The second-order valence-corrected chi connectivity index (χ2v) is 12.3. The van der Waals surface area contributed by atoms with Crippen LogP contribution in [0.15, 0.2) is 42.9 Å². The van der Waals surface area contributed by atoms with Crippen LogP contribution in [-0.2, 0) is 46.4 Å².